The van der Waals surface area contributed by atoms with E-state index in [0.717, 1.165) is 12.1 Å². The van der Waals surface area contributed by atoms with Crippen LogP contribution in [0.4, 0.5) is 0 Å². The lowest BCUT2D eigenvalue weighted by Crippen LogP contribution is -2.22. The molecule has 0 fully saturated rings. The zero-order chi connectivity index (χ0) is 14.5. The molecule has 2 aromatic rings. The van der Waals surface area contributed by atoms with Crippen LogP contribution in [-0.4, -0.2) is 22.4 Å². The molecule has 0 unspecified atom stereocenters. The van der Waals surface area contributed by atoms with Crippen LogP contribution in [0.2, 0.25) is 0 Å². The number of benzene rings is 1. The fourth-order valence-corrected chi connectivity index (χ4v) is 1.78. The summed E-state index contributed by atoms with van der Waals surface area (Å²) in [6, 6.07) is 9.07. The van der Waals surface area contributed by atoms with Crippen molar-refractivity contribution in [1.29, 1.82) is 0 Å². The number of aryl methyl sites for hydroxylation is 1. The summed E-state index contributed by atoms with van der Waals surface area (Å²) in [6.07, 6.45) is 2.48. The number of esters is 1. The molecule has 0 aliphatic carbocycles. The van der Waals surface area contributed by atoms with E-state index >= 15 is 0 Å². The van der Waals surface area contributed by atoms with Gasteiger partial charge in [0, 0.05) is 12.3 Å². The number of rotatable bonds is 4. The Morgan fingerprint density at radius 1 is 1.20 bits per heavy atom. The van der Waals surface area contributed by atoms with Crippen molar-refractivity contribution in [2.24, 2.45) is 0 Å². The third kappa shape index (κ3) is 2.93. The van der Waals surface area contributed by atoms with E-state index in [0.29, 0.717) is 0 Å². The molecule has 0 spiro atoms. The summed E-state index contributed by atoms with van der Waals surface area (Å²) >= 11 is 0. The third-order valence-corrected chi connectivity index (χ3v) is 2.89. The fraction of sp³-hybridized carbons (Fsp3) is 0.267. The molecule has 1 aromatic heterocycles. The van der Waals surface area contributed by atoms with Crippen molar-refractivity contribution in [2.75, 3.05) is 6.61 Å². The molecule has 0 aliphatic rings. The highest BCUT2D eigenvalue weighted by atomic mass is 16.5. The van der Waals surface area contributed by atoms with Crippen molar-refractivity contribution >= 4 is 5.97 Å². The average Bonchev–Trinajstić information content (AvgIpc) is 2.48. The minimum Gasteiger partial charge on any atom is -0.461 e. The molecule has 1 heterocycles. The number of nitrogens with zero attached hydrogens (tertiary/aromatic N) is 2. The van der Waals surface area contributed by atoms with Gasteiger partial charge in [0.15, 0.2) is 0 Å². The third-order valence-electron chi connectivity index (χ3n) is 2.89. The molecule has 5 nitrogen and oxygen atoms in total. The van der Waals surface area contributed by atoms with Gasteiger partial charge >= 0.3 is 5.97 Å². The summed E-state index contributed by atoms with van der Waals surface area (Å²) in [6.45, 7) is 3.97. The molecule has 0 atom stereocenters. The SMILES string of the molecule is CCOC(=O)c1nn(-c2ccc(CC)cc2)ccc1=O. The van der Waals surface area contributed by atoms with E-state index in [1.54, 1.807) is 6.92 Å². The Kier molecular flexibility index (Phi) is 4.30. The second-order valence-electron chi connectivity index (χ2n) is 4.21. The van der Waals surface area contributed by atoms with Crippen LogP contribution in [0, 0.1) is 0 Å². The first kappa shape index (κ1) is 14.0. The predicted molar refractivity (Wildman–Crippen MR) is 75.2 cm³/mol. The molecule has 0 saturated heterocycles. The van der Waals surface area contributed by atoms with Crippen LogP contribution >= 0.6 is 0 Å². The zero-order valence-corrected chi connectivity index (χ0v) is 11.5. The minimum atomic E-state index is -0.697. The molecule has 5 heteroatoms. The van der Waals surface area contributed by atoms with Crippen molar-refractivity contribution in [3.05, 3.63) is 58.0 Å². The largest absolute Gasteiger partial charge is 0.461 e. The highest BCUT2D eigenvalue weighted by molar-refractivity contribution is 5.86. The van der Waals surface area contributed by atoms with E-state index in [2.05, 4.69) is 12.0 Å². The van der Waals surface area contributed by atoms with Gasteiger partial charge in [-0.25, -0.2) is 9.48 Å². The Balaban J connectivity index is 2.39. The van der Waals surface area contributed by atoms with Gasteiger partial charge < -0.3 is 4.74 Å². The maximum absolute atomic E-state index is 11.7. The van der Waals surface area contributed by atoms with Gasteiger partial charge in [0.25, 0.3) is 0 Å². The van der Waals surface area contributed by atoms with Gasteiger partial charge in [-0.05, 0) is 31.0 Å². The smallest absolute Gasteiger partial charge is 0.362 e. The van der Waals surface area contributed by atoms with E-state index in [4.69, 9.17) is 4.74 Å². The molecule has 0 amide bonds. The molecule has 0 saturated carbocycles. The maximum atomic E-state index is 11.7. The Morgan fingerprint density at radius 3 is 2.50 bits per heavy atom. The molecule has 0 radical (unpaired) electrons. The Bertz CT molecular complexity index is 660. The van der Waals surface area contributed by atoms with Gasteiger partial charge in [0.05, 0.1) is 12.3 Å². The lowest BCUT2D eigenvalue weighted by atomic mass is 10.1. The van der Waals surface area contributed by atoms with Gasteiger partial charge in [-0.1, -0.05) is 19.1 Å². The fourth-order valence-electron chi connectivity index (χ4n) is 1.78. The van der Waals surface area contributed by atoms with E-state index in [-0.39, 0.29) is 12.3 Å². The van der Waals surface area contributed by atoms with Crippen LogP contribution in [0.3, 0.4) is 0 Å². The van der Waals surface area contributed by atoms with E-state index in [1.165, 1.54) is 22.5 Å². The summed E-state index contributed by atoms with van der Waals surface area (Å²) in [5.74, 6) is -0.697. The van der Waals surface area contributed by atoms with Gasteiger partial charge in [0.1, 0.15) is 0 Å². The quantitative estimate of drug-likeness (QED) is 0.798. The van der Waals surface area contributed by atoms with Gasteiger partial charge in [0.2, 0.25) is 11.1 Å². The lowest BCUT2D eigenvalue weighted by molar-refractivity contribution is 0.0515. The highest BCUT2D eigenvalue weighted by Crippen LogP contribution is 2.08. The second-order valence-corrected chi connectivity index (χ2v) is 4.21. The van der Waals surface area contributed by atoms with E-state index in [1.807, 2.05) is 24.3 Å². The monoisotopic (exact) mass is 272 g/mol. The second kappa shape index (κ2) is 6.14. The first-order valence-electron chi connectivity index (χ1n) is 6.52. The van der Waals surface area contributed by atoms with Crippen LogP contribution in [0.5, 0.6) is 0 Å². The molecular weight excluding hydrogens is 256 g/mol. The summed E-state index contributed by atoms with van der Waals surface area (Å²) in [7, 11) is 0. The highest BCUT2D eigenvalue weighted by Gasteiger charge is 2.14. The molecule has 20 heavy (non-hydrogen) atoms. The van der Waals surface area contributed by atoms with Gasteiger partial charge in [-0.3, -0.25) is 4.79 Å². The number of carbonyl (C=O) groups is 1. The molecule has 1 aromatic carbocycles. The topological polar surface area (TPSA) is 61.2 Å². The van der Waals surface area contributed by atoms with Crippen molar-refractivity contribution in [3.63, 3.8) is 0 Å². The van der Waals surface area contributed by atoms with Crippen LogP contribution in [0.25, 0.3) is 5.69 Å². The van der Waals surface area contributed by atoms with Gasteiger partial charge in [-0.15, -0.1) is 0 Å². The number of carbonyl (C=O) groups excluding carboxylic acids is 1. The predicted octanol–water partition coefficient (Wildman–Crippen LogP) is 1.97. The number of aromatic nitrogens is 2. The van der Waals surface area contributed by atoms with Crippen LogP contribution in [0.1, 0.15) is 29.9 Å². The lowest BCUT2D eigenvalue weighted by Gasteiger charge is -2.07. The minimum absolute atomic E-state index is 0.200. The molecule has 0 bridgehead atoms. The summed E-state index contributed by atoms with van der Waals surface area (Å²) in [5.41, 5.74) is 1.35. The average molecular weight is 272 g/mol. The summed E-state index contributed by atoms with van der Waals surface area (Å²) in [4.78, 5) is 23.3. The van der Waals surface area contributed by atoms with Crippen molar-refractivity contribution in [2.45, 2.75) is 20.3 Å². The first-order chi connectivity index (χ1) is 9.65. The first-order valence-corrected chi connectivity index (χ1v) is 6.52. The van der Waals surface area contributed by atoms with Crippen molar-refractivity contribution in [3.8, 4) is 5.69 Å². The van der Waals surface area contributed by atoms with E-state index < -0.39 is 11.4 Å². The van der Waals surface area contributed by atoms with Crippen molar-refractivity contribution < 1.29 is 9.53 Å². The molecule has 0 aliphatic heterocycles. The Hall–Kier alpha value is -2.43. The van der Waals surface area contributed by atoms with Crippen molar-refractivity contribution in [1.82, 2.24) is 9.78 Å². The Labute approximate surface area is 116 Å². The zero-order valence-electron chi connectivity index (χ0n) is 11.5. The molecular formula is C15H16N2O3. The molecule has 0 N–H and O–H groups in total. The molecule has 104 valence electrons. The standard InChI is InChI=1S/C15H16N2O3/c1-3-11-5-7-12(8-6-11)17-10-9-13(18)14(16-17)15(19)20-4-2/h5-10H,3-4H2,1-2H3. The summed E-state index contributed by atoms with van der Waals surface area (Å²) in [5, 5.41) is 4.05. The van der Waals surface area contributed by atoms with E-state index in [9.17, 15) is 9.59 Å². The van der Waals surface area contributed by atoms with Crippen LogP contribution in [0.15, 0.2) is 41.3 Å². The number of ether oxygens (including phenoxy) is 1. The Morgan fingerprint density at radius 2 is 1.90 bits per heavy atom. The van der Waals surface area contributed by atoms with Crippen LogP contribution in [-0.2, 0) is 11.2 Å². The number of hydrogen-bond donors (Lipinski definition) is 0. The van der Waals surface area contributed by atoms with Crippen LogP contribution < -0.4 is 5.43 Å². The normalized spacial score (nSPS) is 10.3. The molecule has 2 rings (SSSR count). The van der Waals surface area contributed by atoms with Gasteiger partial charge in [-0.2, -0.15) is 5.10 Å². The number of hydrogen-bond acceptors (Lipinski definition) is 4. The maximum Gasteiger partial charge on any atom is 0.362 e. The summed E-state index contributed by atoms with van der Waals surface area (Å²) < 4.78 is 6.31.